The van der Waals surface area contributed by atoms with E-state index in [1.165, 1.54) is 0 Å². The average molecular weight is 277 g/mol. The van der Waals surface area contributed by atoms with Gasteiger partial charge in [0.1, 0.15) is 0 Å². The topological polar surface area (TPSA) is 106 Å². The van der Waals surface area contributed by atoms with E-state index in [1.807, 2.05) is 0 Å². The molecule has 1 aliphatic rings. The molecule has 0 bridgehead atoms. The molecule has 0 aromatic heterocycles. The summed E-state index contributed by atoms with van der Waals surface area (Å²) in [5, 5.41) is 0. The summed E-state index contributed by atoms with van der Waals surface area (Å²) in [4.78, 5) is 12.7. The molecule has 1 fully saturated rings. The molecule has 2 atom stereocenters. The number of hydrogen-bond donors (Lipinski definition) is 2. The number of amides is 1. The van der Waals surface area contributed by atoms with Crippen LogP contribution in [0, 0.1) is 5.92 Å². The number of primary amides is 1. The van der Waals surface area contributed by atoms with Crippen LogP contribution in [0.5, 0.6) is 0 Å². The number of carbonyl (C=O) groups excluding carboxylic acids is 1. The van der Waals surface area contributed by atoms with Gasteiger partial charge >= 0.3 is 0 Å². The van der Waals surface area contributed by atoms with Crippen molar-refractivity contribution in [2.75, 3.05) is 31.1 Å². The average Bonchev–Trinajstić information content (AvgIpc) is 2.65. The second-order valence-electron chi connectivity index (χ2n) is 5.05. The number of nitrogens with zero attached hydrogens (tertiary/aromatic N) is 1. The highest BCUT2D eigenvalue weighted by molar-refractivity contribution is 7.91. The van der Waals surface area contributed by atoms with Crippen LogP contribution in [-0.2, 0) is 14.6 Å². The van der Waals surface area contributed by atoms with Crippen molar-refractivity contribution < 1.29 is 13.2 Å². The standard InChI is InChI=1S/C11H23N3O3S/c1-9-6-10(7-12)8-14(9)3-5-18(16,17)4-2-11(13)15/h9-10H,2-8,12H2,1H3,(H2,13,15). The number of likely N-dealkylation sites (tertiary alicyclic amines) is 1. The monoisotopic (exact) mass is 277 g/mol. The van der Waals surface area contributed by atoms with E-state index < -0.39 is 15.7 Å². The number of nitrogens with two attached hydrogens (primary N) is 2. The van der Waals surface area contributed by atoms with E-state index in [1.54, 1.807) is 0 Å². The lowest BCUT2D eigenvalue weighted by atomic mass is 10.1. The van der Waals surface area contributed by atoms with E-state index in [0.717, 1.165) is 13.0 Å². The van der Waals surface area contributed by atoms with Gasteiger partial charge in [-0.3, -0.25) is 9.69 Å². The van der Waals surface area contributed by atoms with Gasteiger partial charge in [-0.1, -0.05) is 0 Å². The highest BCUT2D eigenvalue weighted by atomic mass is 32.2. The third-order valence-electron chi connectivity index (χ3n) is 3.47. The van der Waals surface area contributed by atoms with Gasteiger partial charge in [0.25, 0.3) is 0 Å². The first-order valence-electron chi connectivity index (χ1n) is 6.27. The van der Waals surface area contributed by atoms with Gasteiger partial charge < -0.3 is 11.5 Å². The zero-order chi connectivity index (χ0) is 13.8. The van der Waals surface area contributed by atoms with Crippen LogP contribution in [0.2, 0.25) is 0 Å². The minimum Gasteiger partial charge on any atom is -0.370 e. The Bertz CT molecular complexity index is 383. The second kappa shape index (κ2) is 6.49. The van der Waals surface area contributed by atoms with Gasteiger partial charge in [0.05, 0.1) is 11.5 Å². The molecule has 1 amide bonds. The number of hydrogen-bond acceptors (Lipinski definition) is 5. The first-order valence-corrected chi connectivity index (χ1v) is 8.09. The molecule has 1 rings (SSSR count). The van der Waals surface area contributed by atoms with Crippen molar-refractivity contribution in [3.8, 4) is 0 Å². The molecule has 6 nitrogen and oxygen atoms in total. The molecule has 0 spiro atoms. The fourth-order valence-electron chi connectivity index (χ4n) is 2.31. The van der Waals surface area contributed by atoms with Crippen molar-refractivity contribution in [2.45, 2.75) is 25.8 Å². The van der Waals surface area contributed by atoms with Gasteiger partial charge in [0.15, 0.2) is 9.84 Å². The molecule has 0 saturated carbocycles. The van der Waals surface area contributed by atoms with Crippen molar-refractivity contribution >= 4 is 15.7 Å². The van der Waals surface area contributed by atoms with E-state index in [2.05, 4.69) is 11.8 Å². The normalized spacial score (nSPS) is 25.4. The minimum absolute atomic E-state index is 0.0852. The summed E-state index contributed by atoms with van der Waals surface area (Å²) >= 11 is 0. The zero-order valence-electron chi connectivity index (χ0n) is 10.8. The third kappa shape index (κ3) is 4.91. The number of carbonyl (C=O) groups is 1. The summed E-state index contributed by atoms with van der Waals surface area (Å²) in [6.45, 7) is 4.11. The predicted molar refractivity (Wildman–Crippen MR) is 70.7 cm³/mol. The van der Waals surface area contributed by atoms with Crippen molar-refractivity contribution in [1.82, 2.24) is 4.90 Å². The van der Waals surface area contributed by atoms with Crippen molar-refractivity contribution in [3.05, 3.63) is 0 Å². The van der Waals surface area contributed by atoms with Gasteiger partial charge in [0.2, 0.25) is 5.91 Å². The molecular formula is C11H23N3O3S. The molecule has 4 N–H and O–H groups in total. The van der Waals surface area contributed by atoms with Crippen LogP contribution >= 0.6 is 0 Å². The number of rotatable bonds is 7. The molecule has 1 saturated heterocycles. The summed E-state index contributed by atoms with van der Waals surface area (Å²) in [6.07, 6.45) is 0.932. The van der Waals surface area contributed by atoms with Crippen LogP contribution in [0.15, 0.2) is 0 Å². The Labute approximate surface area is 109 Å². The fraction of sp³-hybridized carbons (Fsp3) is 0.909. The molecular weight excluding hydrogens is 254 g/mol. The fourth-order valence-corrected chi connectivity index (χ4v) is 3.54. The third-order valence-corrected chi connectivity index (χ3v) is 5.10. The Morgan fingerprint density at radius 3 is 2.56 bits per heavy atom. The lowest BCUT2D eigenvalue weighted by Crippen LogP contribution is -2.33. The first-order chi connectivity index (χ1) is 8.34. The molecule has 1 heterocycles. The van der Waals surface area contributed by atoms with Gasteiger partial charge in [-0.2, -0.15) is 0 Å². The van der Waals surface area contributed by atoms with Crippen molar-refractivity contribution in [1.29, 1.82) is 0 Å². The van der Waals surface area contributed by atoms with Crippen molar-refractivity contribution in [3.63, 3.8) is 0 Å². The molecule has 0 radical (unpaired) electrons. The molecule has 0 aliphatic carbocycles. The second-order valence-corrected chi connectivity index (χ2v) is 7.35. The Balaban J connectivity index is 2.38. The Hall–Kier alpha value is -0.660. The maximum atomic E-state index is 11.7. The van der Waals surface area contributed by atoms with E-state index in [4.69, 9.17) is 11.5 Å². The Morgan fingerprint density at radius 1 is 1.39 bits per heavy atom. The molecule has 18 heavy (non-hydrogen) atoms. The highest BCUT2D eigenvalue weighted by Crippen LogP contribution is 2.21. The summed E-state index contributed by atoms with van der Waals surface area (Å²) in [5.41, 5.74) is 10.6. The van der Waals surface area contributed by atoms with Crippen LogP contribution in [-0.4, -0.2) is 56.4 Å². The Morgan fingerprint density at radius 2 is 2.06 bits per heavy atom. The van der Waals surface area contributed by atoms with E-state index >= 15 is 0 Å². The molecule has 7 heteroatoms. The first kappa shape index (κ1) is 15.4. The van der Waals surface area contributed by atoms with Gasteiger partial charge in [-0.05, 0) is 25.8 Å². The molecule has 1 aliphatic heterocycles. The Kier molecular flexibility index (Phi) is 5.55. The zero-order valence-corrected chi connectivity index (χ0v) is 11.7. The van der Waals surface area contributed by atoms with Crippen LogP contribution in [0.25, 0.3) is 0 Å². The minimum atomic E-state index is -3.19. The highest BCUT2D eigenvalue weighted by Gasteiger charge is 2.28. The van der Waals surface area contributed by atoms with Crippen molar-refractivity contribution in [2.24, 2.45) is 17.4 Å². The van der Waals surface area contributed by atoms with Crippen LogP contribution in [0.3, 0.4) is 0 Å². The lowest BCUT2D eigenvalue weighted by molar-refractivity contribution is -0.117. The van der Waals surface area contributed by atoms with Crippen LogP contribution < -0.4 is 11.5 Å². The molecule has 2 unspecified atom stereocenters. The largest absolute Gasteiger partial charge is 0.370 e. The summed E-state index contributed by atoms with van der Waals surface area (Å²) in [5.74, 6) is -0.170. The van der Waals surface area contributed by atoms with Gasteiger partial charge in [-0.15, -0.1) is 0 Å². The van der Waals surface area contributed by atoms with Gasteiger partial charge in [0, 0.05) is 25.6 Å². The summed E-state index contributed by atoms with van der Waals surface area (Å²) in [7, 11) is -3.19. The molecule has 0 aromatic carbocycles. The quantitative estimate of drug-likeness (QED) is 0.617. The van der Waals surface area contributed by atoms with E-state index in [-0.39, 0.29) is 17.9 Å². The van der Waals surface area contributed by atoms with E-state index in [0.29, 0.717) is 25.0 Å². The molecule has 0 aromatic rings. The van der Waals surface area contributed by atoms with E-state index in [9.17, 15) is 13.2 Å². The molecule has 106 valence electrons. The summed E-state index contributed by atoms with van der Waals surface area (Å²) < 4.78 is 23.4. The van der Waals surface area contributed by atoms with Gasteiger partial charge in [-0.25, -0.2) is 8.42 Å². The predicted octanol–water partition coefficient (Wildman–Crippen LogP) is -1.05. The lowest BCUT2D eigenvalue weighted by Gasteiger charge is -2.20. The van der Waals surface area contributed by atoms with Crippen LogP contribution in [0.1, 0.15) is 19.8 Å². The summed E-state index contributed by atoms with van der Waals surface area (Å²) in [6, 6.07) is 0.380. The van der Waals surface area contributed by atoms with Crippen LogP contribution in [0.4, 0.5) is 0 Å². The maximum absolute atomic E-state index is 11.7. The SMILES string of the molecule is CC1CC(CN)CN1CCS(=O)(=O)CCC(N)=O. The maximum Gasteiger partial charge on any atom is 0.218 e. The number of sulfone groups is 1. The smallest absolute Gasteiger partial charge is 0.218 e.